The van der Waals surface area contributed by atoms with E-state index in [1.54, 1.807) is 0 Å². The summed E-state index contributed by atoms with van der Waals surface area (Å²) in [5.41, 5.74) is -0.925. The third kappa shape index (κ3) is 1.71. The topological polar surface area (TPSA) is 57.5 Å². The molecule has 11 heavy (non-hydrogen) atoms. The Morgan fingerprint density at radius 1 is 1.73 bits per heavy atom. The maximum atomic E-state index is 10.3. The van der Waals surface area contributed by atoms with Gasteiger partial charge in [0.25, 0.3) is 0 Å². The maximum absolute atomic E-state index is 10.3. The van der Waals surface area contributed by atoms with Crippen LogP contribution in [0, 0.1) is 5.92 Å². The van der Waals surface area contributed by atoms with Gasteiger partial charge in [-0.25, -0.2) is 0 Å². The first-order chi connectivity index (χ1) is 5.04. The molecule has 0 radical (unpaired) electrons. The molecule has 0 amide bonds. The van der Waals surface area contributed by atoms with Crippen LogP contribution in [0.3, 0.4) is 0 Å². The van der Waals surface area contributed by atoms with Gasteiger partial charge in [-0.05, 0) is 18.8 Å². The summed E-state index contributed by atoms with van der Waals surface area (Å²) in [6.45, 7) is 1.91. The van der Waals surface area contributed by atoms with E-state index in [0.717, 1.165) is 12.8 Å². The van der Waals surface area contributed by atoms with Crippen molar-refractivity contribution in [3.63, 3.8) is 0 Å². The molecule has 1 aliphatic rings. The van der Waals surface area contributed by atoms with Crippen LogP contribution in [-0.4, -0.2) is 21.8 Å². The molecule has 1 fully saturated rings. The van der Waals surface area contributed by atoms with Crippen LogP contribution >= 0.6 is 0 Å². The van der Waals surface area contributed by atoms with Crippen LogP contribution in [-0.2, 0) is 4.79 Å². The van der Waals surface area contributed by atoms with Crippen LogP contribution in [0.4, 0.5) is 0 Å². The van der Waals surface area contributed by atoms with Crippen LogP contribution < -0.4 is 0 Å². The summed E-state index contributed by atoms with van der Waals surface area (Å²) in [7, 11) is 0. The van der Waals surface area contributed by atoms with E-state index in [1.807, 2.05) is 6.92 Å². The largest absolute Gasteiger partial charge is 0.481 e. The lowest BCUT2D eigenvalue weighted by atomic mass is 9.89. The molecule has 2 atom stereocenters. The van der Waals surface area contributed by atoms with Gasteiger partial charge in [0.15, 0.2) is 0 Å². The van der Waals surface area contributed by atoms with Crippen molar-refractivity contribution in [1.82, 2.24) is 0 Å². The lowest BCUT2D eigenvalue weighted by molar-refractivity contribution is -0.143. The van der Waals surface area contributed by atoms with Gasteiger partial charge in [0.05, 0.1) is 12.0 Å². The summed E-state index contributed by atoms with van der Waals surface area (Å²) in [4.78, 5) is 10.3. The second kappa shape index (κ2) is 2.81. The van der Waals surface area contributed by atoms with Crippen LogP contribution in [0.2, 0.25) is 0 Å². The molecule has 0 spiro atoms. The van der Waals surface area contributed by atoms with Crippen molar-refractivity contribution in [2.24, 2.45) is 5.92 Å². The van der Waals surface area contributed by atoms with E-state index in [4.69, 9.17) is 5.11 Å². The predicted molar refractivity (Wildman–Crippen MR) is 40.2 cm³/mol. The number of hydrogen-bond acceptors (Lipinski definition) is 2. The molecule has 0 aliphatic heterocycles. The number of rotatable bonds is 2. The average molecular weight is 158 g/mol. The molecular weight excluding hydrogens is 144 g/mol. The third-order valence-corrected chi connectivity index (χ3v) is 2.62. The number of aliphatic carboxylic acids is 1. The smallest absolute Gasteiger partial charge is 0.306 e. The fourth-order valence-corrected chi connectivity index (χ4v) is 1.75. The molecule has 1 saturated carbocycles. The highest BCUT2D eigenvalue weighted by molar-refractivity contribution is 5.68. The minimum Gasteiger partial charge on any atom is -0.481 e. The van der Waals surface area contributed by atoms with Crippen molar-refractivity contribution in [3.8, 4) is 0 Å². The molecule has 3 nitrogen and oxygen atoms in total. The maximum Gasteiger partial charge on any atom is 0.306 e. The monoisotopic (exact) mass is 158 g/mol. The van der Waals surface area contributed by atoms with Crippen molar-refractivity contribution in [1.29, 1.82) is 0 Å². The van der Waals surface area contributed by atoms with Gasteiger partial charge in [-0.2, -0.15) is 0 Å². The molecule has 0 saturated heterocycles. The molecule has 0 heterocycles. The molecule has 1 aliphatic carbocycles. The second-order valence-electron chi connectivity index (χ2n) is 3.47. The van der Waals surface area contributed by atoms with Gasteiger partial charge in [-0.15, -0.1) is 0 Å². The van der Waals surface area contributed by atoms with E-state index in [9.17, 15) is 9.90 Å². The highest BCUT2D eigenvalue weighted by atomic mass is 16.4. The van der Waals surface area contributed by atoms with Crippen LogP contribution in [0.5, 0.6) is 0 Å². The summed E-state index contributed by atoms with van der Waals surface area (Å²) < 4.78 is 0. The summed E-state index contributed by atoms with van der Waals surface area (Å²) in [6, 6.07) is 0. The summed E-state index contributed by atoms with van der Waals surface area (Å²) in [5, 5.41) is 18.2. The average Bonchev–Trinajstić information content (AvgIpc) is 2.11. The van der Waals surface area contributed by atoms with Gasteiger partial charge >= 0.3 is 5.97 Å². The van der Waals surface area contributed by atoms with E-state index in [1.165, 1.54) is 0 Å². The van der Waals surface area contributed by atoms with Crippen molar-refractivity contribution < 1.29 is 15.0 Å². The summed E-state index contributed by atoms with van der Waals surface area (Å²) in [5.74, 6) is -0.764. The summed E-state index contributed by atoms with van der Waals surface area (Å²) >= 11 is 0. The number of aliphatic hydroxyl groups is 1. The van der Waals surface area contributed by atoms with Gasteiger partial charge in [0.1, 0.15) is 0 Å². The fourth-order valence-electron chi connectivity index (χ4n) is 1.75. The van der Waals surface area contributed by atoms with Crippen molar-refractivity contribution in [2.45, 2.75) is 38.2 Å². The molecule has 64 valence electrons. The Hall–Kier alpha value is -0.570. The normalized spacial score (nSPS) is 37.5. The lowest BCUT2D eigenvalue weighted by Crippen LogP contribution is -2.34. The molecule has 1 rings (SSSR count). The first-order valence-electron chi connectivity index (χ1n) is 3.99. The van der Waals surface area contributed by atoms with Gasteiger partial charge in [-0.1, -0.05) is 13.3 Å². The Bertz CT molecular complexity index is 167. The molecule has 2 N–H and O–H groups in total. The van der Waals surface area contributed by atoms with Gasteiger partial charge in [0.2, 0.25) is 0 Å². The minimum absolute atomic E-state index is 0.103. The SMILES string of the molecule is CC1CCCC1(O)CC(=O)O. The number of carboxylic acid groups (broad SMARTS) is 1. The second-order valence-corrected chi connectivity index (χ2v) is 3.47. The van der Waals surface area contributed by atoms with Crippen molar-refractivity contribution in [2.75, 3.05) is 0 Å². The highest BCUT2D eigenvalue weighted by Gasteiger charge is 2.39. The van der Waals surface area contributed by atoms with E-state index in [2.05, 4.69) is 0 Å². The Morgan fingerprint density at radius 3 is 2.73 bits per heavy atom. The van der Waals surface area contributed by atoms with Crippen LogP contribution in [0.25, 0.3) is 0 Å². The Kier molecular flexibility index (Phi) is 2.18. The predicted octanol–water partition coefficient (Wildman–Crippen LogP) is 1.01. The minimum atomic E-state index is -0.925. The van der Waals surface area contributed by atoms with Crippen molar-refractivity contribution in [3.05, 3.63) is 0 Å². The van der Waals surface area contributed by atoms with Gasteiger partial charge in [0, 0.05) is 0 Å². The standard InChI is InChI=1S/C8H14O3/c1-6-3-2-4-8(6,11)5-7(9)10/h6,11H,2-5H2,1H3,(H,9,10). The molecule has 3 heteroatoms. The number of carbonyl (C=O) groups is 1. The quantitative estimate of drug-likeness (QED) is 0.630. The lowest BCUT2D eigenvalue weighted by Gasteiger charge is -2.25. The zero-order chi connectivity index (χ0) is 8.48. The molecular formula is C8H14O3. The van der Waals surface area contributed by atoms with E-state index in [0.29, 0.717) is 6.42 Å². The first-order valence-corrected chi connectivity index (χ1v) is 3.99. The van der Waals surface area contributed by atoms with E-state index < -0.39 is 11.6 Å². The highest BCUT2D eigenvalue weighted by Crippen LogP contribution is 2.37. The van der Waals surface area contributed by atoms with Gasteiger partial charge < -0.3 is 10.2 Å². The number of hydrogen-bond donors (Lipinski definition) is 2. The Morgan fingerprint density at radius 2 is 2.36 bits per heavy atom. The first kappa shape index (κ1) is 8.53. The van der Waals surface area contributed by atoms with Crippen LogP contribution in [0.15, 0.2) is 0 Å². The third-order valence-electron chi connectivity index (χ3n) is 2.62. The molecule has 2 unspecified atom stereocenters. The zero-order valence-corrected chi connectivity index (χ0v) is 6.71. The summed E-state index contributed by atoms with van der Waals surface area (Å²) in [6.07, 6.45) is 2.43. The molecule has 0 aromatic heterocycles. The van der Waals surface area contributed by atoms with E-state index >= 15 is 0 Å². The zero-order valence-electron chi connectivity index (χ0n) is 6.71. The number of carboxylic acids is 1. The fraction of sp³-hybridized carbons (Fsp3) is 0.875. The Labute approximate surface area is 66.0 Å². The Balaban J connectivity index is 2.58. The van der Waals surface area contributed by atoms with Crippen molar-refractivity contribution >= 4 is 5.97 Å². The van der Waals surface area contributed by atoms with Gasteiger partial charge in [-0.3, -0.25) is 4.79 Å². The molecule has 0 aromatic carbocycles. The molecule has 0 aromatic rings. The van der Waals surface area contributed by atoms with E-state index in [-0.39, 0.29) is 12.3 Å². The molecule has 0 bridgehead atoms. The van der Waals surface area contributed by atoms with Crippen LogP contribution in [0.1, 0.15) is 32.6 Å².